The number of guanidine groups is 1. The van der Waals surface area contributed by atoms with Gasteiger partial charge in [0, 0.05) is 30.2 Å². The Bertz CT molecular complexity index is 775. The van der Waals surface area contributed by atoms with E-state index >= 15 is 0 Å². The number of methoxy groups -OCH3 is 1. The number of rotatable bonds is 7. The third kappa shape index (κ3) is 6.23. The molecule has 0 spiro atoms. The summed E-state index contributed by atoms with van der Waals surface area (Å²) in [6.45, 7) is 3.32. The molecule has 8 heteroatoms. The van der Waals surface area contributed by atoms with Crippen molar-refractivity contribution < 1.29 is 9.47 Å². The van der Waals surface area contributed by atoms with Crippen LogP contribution in [0.15, 0.2) is 29.4 Å². The molecular formula is C20H29IN4O2S. The van der Waals surface area contributed by atoms with E-state index in [2.05, 4.69) is 33.6 Å². The second-order valence-corrected chi connectivity index (χ2v) is 7.94. The molecular weight excluding hydrogens is 487 g/mol. The van der Waals surface area contributed by atoms with Crippen LogP contribution in [0.5, 0.6) is 11.5 Å². The summed E-state index contributed by atoms with van der Waals surface area (Å²) in [6.07, 6.45) is 6.87. The van der Waals surface area contributed by atoms with Crippen LogP contribution < -0.4 is 20.1 Å². The Morgan fingerprint density at radius 3 is 2.64 bits per heavy atom. The Balaban J connectivity index is 0.00000280. The highest BCUT2D eigenvalue weighted by atomic mass is 127. The van der Waals surface area contributed by atoms with Crippen LogP contribution in [0.4, 0.5) is 0 Å². The summed E-state index contributed by atoms with van der Waals surface area (Å²) >= 11 is 1.69. The molecule has 0 amide bonds. The van der Waals surface area contributed by atoms with Gasteiger partial charge in [0.15, 0.2) is 17.5 Å². The molecule has 1 aromatic carbocycles. The van der Waals surface area contributed by atoms with Crippen LogP contribution in [0, 0.1) is 6.92 Å². The van der Waals surface area contributed by atoms with Crippen molar-refractivity contribution in [2.45, 2.75) is 51.8 Å². The molecule has 1 fully saturated rings. The monoisotopic (exact) mass is 516 g/mol. The fourth-order valence-electron chi connectivity index (χ4n) is 3.21. The molecule has 1 aliphatic rings. The minimum Gasteiger partial charge on any atom is -0.493 e. The van der Waals surface area contributed by atoms with Crippen molar-refractivity contribution in [2.24, 2.45) is 4.99 Å². The number of benzene rings is 1. The van der Waals surface area contributed by atoms with Crippen LogP contribution in [0.25, 0.3) is 0 Å². The summed E-state index contributed by atoms with van der Waals surface area (Å²) in [5.74, 6) is 2.35. The SMILES string of the molecule is CN=C(NCc1ncc(C)s1)NCc1cccc(OC)c1OC1CCCC1.I. The van der Waals surface area contributed by atoms with Gasteiger partial charge >= 0.3 is 0 Å². The van der Waals surface area contributed by atoms with E-state index in [1.54, 1.807) is 25.5 Å². The maximum atomic E-state index is 6.29. The predicted octanol–water partition coefficient (Wildman–Crippen LogP) is 4.26. The second kappa shape index (κ2) is 11.5. The molecule has 0 radical (unpaired) electrons. The van der Waals surface area contributed by atoms with Crippen molar-refractivity contribution in [1.82, 2.24) is 15.6 Å². The largest absolute Gasteiger partial charge is 0.493 e. The lowest BCUT2D eigenvalue weighted by Crippen LogP contribution is -2.36. The lowest BCUT2D eigenvalue weighted by molar-refractivity contribution is 0.198. The molecule has 0 saturated heterocycles. The molecule has 6 nitrogen and oxygen atoms in total. The number of aromatic nitrogens is 1. The number of ether oxygens (including phenoxy) is 2. The van der Waals surface area contributed by atoms with E-state index in [0.717, 1.165) is 40.9 Å². The lowest BCUT2D eigenvalue weighted by Gasteiger charge is -2.20. The van der Waals surface area contributed by atoms with E-state index in [-0.39, 0.29) is 30.1 Å². The Labute approximate surface area is 188 Å². The summed E-state index contributed by atoms with van der Waals surface area (Å²) in [6, 6.07) is 6.01. The van der Waals surface area contributed by atoms with Crippen LogP contribution in [0.3, 0.4) is 0 Å². The van der Waals surface area contributed by atoms with Crippen LogP contribution >= 0.6 is 35.3 Å². The number of hydrogen-bond donors (Lipinski definition) is 2. The number of aliphatic imine (C=N–C) groups is 1. The summed E-state index contributed by atoms with van der Waals surface area (Å²) in [5.41, 5.74) is 1.06. The van der Waals surface area contributed by atoms with E-state index in [9.17, 15) is 0 Å². The third-order valence-electron chi connectivity index (χ3n) is 4.61. The minimum atomic E-state index is 0. The number of aryl methyl sites for hydroxylation is 1. The highest BCUT2D eigenvalue weighted by Crippen LogP contribution is 2.34. The minimum absolute atomic E-state index is 0. The number of thiazole rings is 1. The molecule has 2 N–H and O–H groups in total. The summed E-state index contributed by atoms with van der Waals surface area (Å²) < 4.78 is 11.8. The summed E-state index contributed by atoms with van der Waals surface area (Å²) in [7, 11) is 3.45. The zero-order valence-electron chi connectivity index (χ0n) is 16.7. The first-order chi connectivity index (χ1) is 13.2. The van der Waals surface area contributed by atoms with Crippen molar-refractivity contribution in [3.63, 3.8) is 0 Å². The van der Waals surface area contributed by atoms with E-state index in [1.807, 2.05) is 18.3 Å². The molecule has 0 atom stereocenters. The maximum absolute atomic E-state index is 6.29. The highest BCUT2D eigenvalue weighted by Gasteiger charge is 2.20. The average Bonchev–Trinajstić information content (AvgIpc) is 3.34. The van der Waals surface area contributed by atoms with Gasteiger partial charge in [-0.1, -0.05) is 12.1 Å². The van der Waals surface area contributed by atoms with Gasteiger partial charge in [0.2, 0.25) is 0 Å². The molecule has 154 valence electrons. The quantitative estimate of drug-likeness (QED) is 0.327. The van der Waals surface area contributed by atoms with Crippen molar-refractivity contribution in [3.8, 4) is 11.5 Å². The smallest absolute Gasteiger partial charge is 0.191 e. The normalized spacial score (nSPS) is 14.5. The van der Waals surface area contributed by atoms with Crippen LogP contribution in [-0.2, 0) is 13.1 Å². The van der Waals surface area contributed by atoms with Crippen molar-refractivity contribution in [2.75, 3.05) is 14.2 Å². The first-order valence-corrected chi connectivity index (χ1v) is 10.2. The second-order valence-electron chi connectivity index (χ2n) is 6.62. The lowest BCUT2D eigenvalue weighted by atomic mass is 10.1. The molecule has 0 unspecified atom stereocenters. The Kier molecular flexibility index (Phi) is 9.30. The maximum Gasteiger partial charge on any atom is 0.191 e. The molecule has 0 bridgehead atoms. The van der Waals surface area contributed by atoms with Gasteiger partial charge in [-0.25, -0.2) is 4.98 Å². The molecule has 3 rings (SSSR count). The van der Waals surface area contributed by atoms with E-state index in [4.69, 9.17) is 9.47 Å². The molecule has 1 heterocycles. The van der Waals surface area contributed by atoms with Gasteiger partial charge in [-0.05, 0) is 38.7 Å². The number of nitrogens with zero attached hydrogens (tertiary/aromatic N) is 2. The van der Waals surface area contributed by atoms with Crippen molar-refractivity contribution >= 4 is 41.3 Å². The van der Waals surface area contributed by atoms with Crippen molar-refractivity contribution in [1.29, 1.82) is 0 Å². The molecule has 28 heavy (non-hydrogen) atoms. The first-order valence-electron chi connectivity index (χ1n) is 9.38. The number of hydrogen-bond acceptors (Lipinski definition) is 5. The first kappa shape index (κ1) is 22.7. The number of nitrogens with one attached hydrogen (secondary N) is 2. The zero-order chi connectivity index (χ0) is 19.1. The molecule has 2 aromatic rings. The Hall–Kier alpha value is -1.55. The van der Waals surface area contributed by atoms with Gasteiger partial charge < -0.3 is 20.1 Å². The van der Waals surface area contributed by atoms with Gasteiger partial charge in [-0.2, -0.15) is 0 Å². The fourth-order valence-corrected chi connectivity index (χ4v) is 3.94. The highest BCUT2D eigenvalue weighted by molar-refractivity contribution is 14.0. The van der Waals surface area contributed by atoms with Gasteiger partial charge in [0.05, 0.1) is 19.8 Å². The van der Waals surface area contributed by atoms with Gasteiger partial charge in [-0.3, -0.25) is 4.99 Å². The fraction of sp³-hybridized carbons (Fsp3) is 0.500. The van der Waals surface area contributed by atoms with Gasteiger partial charge in [0.1, 0.15) is 5.01 Å². The molecule has 0 aliphatic heterocycles. The van der Waals surface area contributed by atoms with E-state index in [1.165, 1.54) is 17.7 Å². The zero-order valence-corrected chi connectivity index (χ0v) is 19.8. The van der Waals surface area contributed by atoms with Crippen LogP contribution in [0.1, 0.15) is 41.1 Å². The molecule has 1 aliphatic carbocycles. The standard InChI is InChI=1S/C20H28N4O2S.HI/c1-14-11-22-18(27-14)13-24-20(21-2)23-12-15-7-6-10-17(25-3)19(15)26-16-8-4-5-9-16;/h6-7,10-11,16H,4-5,8-9,12-13H2,1-3H3,(H2,21,23,24);1H. The number of para-hydroxylation sites is 1. The molecule has 1 aromatic heterocycles. The Morgan fingerprint density at radius 2 is 2.00 bits per heavy atom. The Morgan fingerprint density at radius 1 is 1.25 bits per heavy atom. The summed E-state index contributed by atoms with van der Waals surface area (Å²) in [5, 5.41) is 7.71. The van der Waals surface area contributed by atoms with E-state index in [0.29, 0.717) is 13.1 Å². The third-order valence-corrected chi connectivity index (χ3v) is 5.53. The van der Waals surface area contributed by atoms with Crippen molar-refractivity contribution in [3.05, 3.63) is 39.8 Å². The van der Waals surface area contributed by atoms with Gasteiger partial charge in [0.25, 0.3) is 0 Å². The number of halogens is 1. The van der Waals surface area contributed by atoms with E-state index < -0.39 is 0 Å². The van der Waals surface area contributed by atoms with Crippen LogP contribution in [-0.4, -0.2) is 31.2 Å². The average molecular weight is 516 g/mol. The topological polar surface area (TPSA) is 67.8 Å². The van der Waals surface area contributed by atoms with Gasteiger partial charge in [-0.15, -0.1) is 35.3 Å². The van der Waals surface area contributed by atoms with Crippen LogP contribution in [0.2, 0.25) is 0 Å². The summed E-state index contributed by atoms with van der Waals surface area (Å²) in [4.78, 5) is 9.88. The molecule has 1 saturated carbocycles. The predicted molar refractivity (Wildman–Crippen MR) is 125 cm³/mol.